The van der Waals surface area contributed by atoms with E-state index in [1.165, 1.54) is 6.92 Å². The topological polar surface area (TPSA) is 92.6 Å². The molecular formula is C33H38F2N6O3. The van der Waals surface area contributed by atoms with Gasteiger partial charge in [-0.15, -0.1) is 0 Å². The molecular weight excluding hydrogens is 566 g/mol. The Bertz CT molecular complexity index is 1660. The van der Waals surface area contributed by atoms with E-state index in [0.717, 1.165) is 74.3 Å². The number of aldehydes is 1. The second-order valence-corrected chi connectivity index (χ2v) is 11.1. The minimum atomic E-state index is -1.00. The van der Waals surface area contributed by atoms with Gasteiger partial charge in [-0.05, 0) is 62.4 Å². The Morgan fingerprint density at radius 3 is 2.55 bits per heavy atom. The Labute approximate surface area is 255 Å². The number of benzene rings is 1. The highest BCUT2D eigenvalue weighted by Crippen LogP contribution is 2.37. The van der Waals surface area contributed by atoms with Gasteiger partial charge >= 0.3 is 0 Å². The van der Waals surface area contributed by atoms with E-state index in [2.05, 4.69) is 31.2 Å². The zero-order valence-electron chi connectivity index (χ0n) is 25.3. The molecule has 1 aliphatic heterocycles. The maximum absolute atomic E-state index is 14.3. The molecule has 0 spiro atoms. The highest BCUT2D eigenvalue weighted by Gasteiger charge is 2.30. The van der Waals surface area contributed by atoms with Crippen molar-refractivity contribution in [2.45, 2.75) is 57.8 Å². The predicted molar refractivity (Wildman–Crippen MR) is 167 cm³/mol. The fraction of sp³-hybridized carbons (Fsp3) is 0.394. The number of fused-ring (bicyclic) bond motifs is 1. The molecule has 3 aromatic heterocycles. The van der Waals surface area contributed by atoms with Crippen LogP contribution < -0.4 is 20.4 Å². The summed E-state index contributed by atoms with van der Waals surface area (Å²) in [6.07, 6.45) is 10.1. The molecule has 1 atom stereocenters. The van der Waals surface area contributed by atoms with Crippen LogP contribution in [0.2, 0.25) is 0 Å². The zero-order chi connectivity index (χ0) is 31.2. The van der Waals surface area contributed by atoms with Gasteiger partial charge in [0.15, 0.2) is 17.1 Å². The molecule has 0 radical (unpaired) electrons. The van der Waals surface area contributed by atoms with Crippen molar-refractivity contribution in [2.24, 2.45) is 0 Å². The number of hydrogen-bond donors (Lipinski definition) is 1. The lowest BCUT2D eigenvalue weighted by Crippen LogP contribution is -2.48. The number of carbonyl (C=O) groups excluding carboxylic acids is 1. The number of nitrogens with zero attached hydrogens (tertiary/aromatic N) is 5. The van der Waals surface area contributed by atoms with Crippen molar-refractivity contribution in [3.8, 4) is 5.88 Å². The Morgan fingerprint density at radius 2 is 1.86 bits per heavy atom. The Balaban J connectivity index is 0.00000123. The van der Waals surface area contributed by atoms with Crippen molar-refractivity contribution in [2.75, 3.05) is 37.5 Å². The third-order valence-electron chi connectivity index (χ3n) is 8.14. The Hall–Kier alpha value is -4.38. The van der Waals surface area contributed by atoms with Crippen LogP contribution in [0.4, 0.5) is 20.3 Å². The molecule has 11 heteroatoms. The molecule has 0 bridgehead atoms. The van der Waals surface area contributed by atoms with E-state index in [-0.39, 0.29) is 22.9 Å². The zero-order valence-corrected chi connectivity index (χ0v) is 25.3. The average molecular weight is 605 g/mol. The van der Waals surface area contributed by atoms with Gasteiger partial charge < -0.3 is 24.3 Å². The van der Waals surface area contributed by atoms with Crippen LogP contribution in [0.15, 0.2) is 59.8 Å². The fourth-order valence-electron chi connectivity index (χ4n) is 5.80. The first kappa shape index (κ1) is 31.1. The van der Waals surface area contributed by atoms with E-state index in [4.69, 9.17) is 9.53 Å². The van der Waals surface area contributed by atoms with Crippen LogP contribution in [0.3, 0.4) is 0 Å². The molecule has 1 aliphatic carbocycles. The standard InChI is InChI=1S/C31H34F2N6O2.C2H4O/c1-34-29-8-7-23(15-36-29)37-11-3-4-24(19-37)38(16-20-9-10-35-30(12-20)41-2)17-21-18-39(22-5-6-22)28-14-27(33)26(32)13-25(28)31(21)40;1-2-3/h7-10,12-15,18,22,24H,3-6,11,16-17,19H2,1-2H3,(H,34,36);2H,1H3. The number of aromatic nitrogens is 3. The van der Waals surface area contributed by atoms with Gasteiger partial charge in [0.25, 0.3) is 0 Å². The Kier molecular flexibility index (Phi) is 9.84. The van der Waals surface area contributed by atoms with Gasteiger partial charge in [-0.3, -0.25) is 9.69 Å². The number of rotatable bonds is 9. The molecule has 1 aromatic carbocycles. The van der Waals surface area contributed by atoms with Gasteiger partial charge in [0, 0.05) is 80.8 Å². The summed E-state index contributed by atoms with van der Waals surface area (Å²) in [7, 11) is 3.44. The maximum atomic E-state index is 14.3. The summed E-state index contributed by atoms with van der Waals surface area (Å²) in [5.74, 6) is -0.597. The summed E-state index contributed by atoms with van der Waals surface area (Å²) in [5.41, 5.74) is 2.84. The second kappa shape index (κ2) is 13.9. The first-order valence-corrected chi connectivity index (χ1v) is 14.9. The van der Waals surface area contributed by atoms with E-state index < -0.39 is 11.6 Å². The average Bonchev–Trinajstić information content (AvgIpc) is 3.89. The third kappa shape index (κ3) is 7.05. The van der Waals surface area contributed by atoms with Crippen molar-refractivity contribution >= 4 is 28.7 Å². The van der Waals surface area contributed by atoms with Gasteiger partial charge in [-0.1, -0.05) is 0 Å². The number of ether oxygens (including phenoxy) is 1. The summed E-state index contributed by atoms with van der Waals surface area (Å²) in [4.78, 5) is 35.9. The smallest absolute Gasteiger partial charge is 0.213 e. The van der Waals surface area contributed by atoms with Crippen LogP contribution in [-0.2, 0) is 17.9 Å². The molecule has 232 valence electrons. The van der Waals surface area contributed by atoms with Crippen molar-refractivity contribution in [3.05, 3.63) is 88.0 Å². The van der Waals surface area contributed by atoms with E-state index in [1.807, 2.05) is 42.2 Å². The maximum Gasteiger partial charge on any atom is 0.213 e. The molecule has 6 rings (SSSR count). The lowest BCUT2D eigenvalue weighted by Gasteiger charge is -2.40. The number of halogens is 2. The normalized spacial score (nSPS) is 16.4. The number of pyridine rings is 3. The monoisotopic (exact) mass is 604 g/mol. The van der Waals surface area contributed by atoms with Gasteiger partial charge in [0.1, 0.15) is 12.1 Å². The van der Waals surface area contributed by atoms with Crippen molar-refractivity contribution in [1.29, 1.82) is 0 Å². The summed E-state index contributed by atoms with van der Waals surface area (Å²) in [6.45, 7) is 4.09. The minimum absolute atomic E-state index is 0.140. The molecule has 0 amide bonds. The van der Waals surface area contributed by atoms with Crippen LogP contribution in [-0.4, -0.2) is 59.0 Å². The first-order chi connectivity index (χ1) is 21.3. The Morgan fingerprint density at radius 1 is 1.09 bits per heavy atom. The molecule has 2 fully saturated rings. The summed E-state index contributed by atoms with van der Waals surface area (Å²) >= 11 is 0. The molecule has 44 heavy (non-hydrogen) atoms. The first-order valence-electron chi connectivity index (χ1n) is 14.9. The third-order valence-corrected chi connectivity index (χ3v) is 8.14. The molecule has 1 saturated carbocycles. The molecule has 9 nitrogen and oxygen atoms in total. The van der Waals surface area contributed by atoms with Crippen LogP contribution in [0.5, 0.6) is 5.88 Å². The summed E-state index contributed by atoms with van der Waals surface area (Å²) in [5, 5.41) is 3.28. The molecule has 1 N–H and O–H groups in total. The van der Waals surface area contributed by atoms with Crippen LogP contribution >= 0.6 is 0 Å². The van der Waals surface area contributed by atoms with Crippen molar-refractivity contribution < 1.29 is 18.3 Å². The number of carbonyl (C=O) groups is 1. The highest BCUT2D eigenvalue weighted by atomic mass is 19.2. The lowest BCUT2D eigenvalue weighted by atomic mass is 10.0. The van der Waals surface area contributed by atoms with Crippen LogP contribution in [0.25, 0.3) is 10.9 Å². The number of hydrogen-bond acceptors (Lipinski definition) is 8. The molecule has 4 heterocycles. The largest absolute Gasteiger partial charge is 0.481 e. The molecule has 4 aromatic rings. The van der Waals surface area contributed by atoms with Crippen LogP contribution in [0, 0.1) is 11.6 Å². The van der Waals surface area contributed by atoms with Gasteiger partial charge in [-0.25, -0.2) is 18.7 Å². The SMILES string of the molecule is CC=O.CNc1ccc(N2CCCC(N(Cc3ccnc(OC)c3)Cc3cn(C4CC4)c4cc(F)c(F)cc4c3=O)C2)cn1. The lowest BCUT2D eigenvalue weighted by molar-refractivity contribution is -0.106. The van der Waals surface area contributed by atoms with E-state index in [1.54, 1.807) is 13.3 Å². The number of anilines is 2. The number of nitrogens with one attached hydrogen (secondary N) is 1. The van der Waals surface area contributed by atoms with Gasteiger partial charge in [-0.2, -0.15) is 0 Å². The van der Waals surface area contributed by atoms with E-state index in [9.17, 15) is 13.6 Å². The highest BCUT2D eigenvalue weighted by molar-refractivity contribution is 5.80. The minimum Gasteiger partial charge on any atom is -0.481 e. The van der Waals surface area contributed by atoms with E-state index in [0.29, 0.717) is 30.0 Å². The van der Waals surface area contributed by atoms with Crippen LogP contribution in [0.1, 0.15) is 49.8 Å². The molecule has 1 unspecified atom stereocenters. The van der Waals surface area contributed by atoms with Gasteiger partial charge in [0.2, 0.25) is 5.88 Å². The summed E-state index contributed by atoms with van der Waals surface area (Å²) < 4.78 is 35.8. The van der Waals surface area contributed by atoms with Crippen molar-refractivity contribution in [3.63, 3.8) is 0 Å². The van der Waals surface area contributed by atoms with Gasteiger partial charge in [0.05, 0.1) is 24.5 Å². The predicted octanol–water partition coefficient (Wildman–Crippen LogP) is 5.33. The quantitative estimate of drug-likeness (QED) is 0.257. The second-order valence-electron chi connectivity index (χ2n) is 11.1. The summed E-state index contributed by atoms with van der Waals surface area (Å²) in [6, 6.07) is 10.5. The van der Waals surface area contributed by atoms with Crippen molar-refractivity contribution in [1.82, 2.24) is 19.4 Å². The molecule has 1 saturated heterocycles. The van der Waals surface area contributed by atoms with E-state index >= 15 is 0 Å². The fourth-order valence-corrected chi connectivity index (χ4v) is 5.80. The molecule has 2 aliphatic rings. The number of piperidine rings is 1. The number of methoxy groups -OCH3 is 1.